The van der Waals surface area contributed by atoms with Crippen molar-refractivity contribution < 1.29 is 9.21 Å². The molecule has 1 aromatic rings. The van der Waals surface area contributed by atoms with Gasteiger partial charge in [0.1, 0.15) is 12.5 Å². The van der Waals surface area contributed by atoms with E-state index in [0.717, 1.165) is 11.8 Å². The van der Waals surface area contributed by atoms with E-state index in [-0.39, 0.29) is 0 Å². The molecule has 2 heteroatoms. The van der Waals surface area contributed by atoms with Crippen LogP contribution in [0.15, 0.2) is 34.7 Å². The van der Waals surface area contributed by atoms with Gasteiger partial charge in [-0.05, 0) is 24.6 Å². The quantitative estimate of drug-likeness (QED) is 0.356. The molecule has 1 rings (SSSR count). The lowest BCUT2D eigenvalue weighted by Gasteiger charge is -1.76. The van der Waals surface area contributed by atoms with Crippen molar-refractivity contribution in [3.8, 4) is 11.8 Å². The van der Waals surface area contributed by atoms with Gasteiger partial charge in [-0.1, -0.05) is 11.8 Å². The predicted molar refractivity (Wildman–Crippen MR) is 45.4 cm³/mol. The number of rotatable bonds is 1. The number of allylic oxidation sites excluding steroid dienone is 2. The molecule has 0 unspecified atom stereocenters. The van der Waals surface area contributed by atoms with E-state index in [1.54, 1.807) is 31.6 Å². The van der Waals surface area contributed by atoms with E-state index in [9.17, 15) is 4.79 Å². The molecule has 0 aliphatic rings. The Labute approximate surface area is 70.9 Å². The van der Waals surface area contributed by atoms with Crippen LogP contribution in [0.3, 0.4) is 0 Å². The topological polar surface area (TPSA) is 30.2 Å². The highest BCUT2D eigenvalue weighted by molar-refractivity contribution is 5.73. The van der Waals surface area contributed by atoms with Gasteiger partial charge in [0.25, 0.3) is 0 Å². The van der Waals surface area contributed by atoms with E-state index in [0.29, 0.717) is 5.57 Å². The Hall–Kier alpha value is -1.75. The minimum absolute atomic E-state index is 0.617. The SMILES string of the molecule is C/C(C=O)=C/C#Cc1ccoc1. The van der Waals surface area contributed by atoms with Crippen LogP contribution in [0.5, 0.6) is 0 Å². The van der Waals surface area contributed by atoms with Gasteiger partial charge in [0.2, 0.25) is 0 Å². The number of hydrogen-bond donors (Lipinski definition) is 0. The molecule has 0 spiro atoms. The van der Waals surface area contributed by atoms with Crippen LogP contribution in [0.2, 0.25) is 0 Å². The second-order valence-corrected chi connectivity index (χ2v) is 2.29. The van der Waals surface area contributed by atoms with E-state index in [1.165, 1.54) is 0 Å². The standard InChI is InChI=1S/C10H8O2/c1-9(7-11)3-2-4-10-5-6-12-8-10/h3,5-8H,1H3/b9-3-. The summed E-state index contributed by atoms with van der Waals surface area (Å²) in [6.45, 7) is 1.71. The van der Waals surface area contributed by atoms with Crippen LogP contribution in [0.1, 0.15) is 12.5 Å². The highest BCUT2D eigenvalue weighted by Crippen LogP contribution is 1.96. The Morgan fingerprint density at radius 2 is 2.50 bits per heavy atom. The lowest BCUT2D eigenvalue weighted by atomic mass is 10.3. The minimum Gasteiger partial charge on any atom is -0.471 e. The fourth-order valence-corrected chi connectivity index (χ4v) is 0.603. The van der Waals surface area contributed by atoms with Crippen LogP contribution in [0, 0.1) is 11.8 Å². The number of hydrogen-bond acceptors (Lipinski definition) is 2. The molecule has 0 bridgehead atoms. The highest BCUT2D eigenvalue weighted by Gasteiger charge is 1.83. The molecule has 0 aromatic carbocycles. The molecule has 2 nitrogen and oxygen atoms in total. The predicted octanol–water partition coefficient (Wildman–Crippen LogP) is 1.78. The van der Waals surface area contributed by atoms with Crippen LogP contribution in [-0.2, 0) is 4.79 Å². The average molecular weight is 160 g/mol. The van der Waals surface area contributed by atoms with E-state index >= 15 is 0 Å². The van der Waals surface area contributed by atoms with Crippen molar-refractivity contribution in [2.24, 2.45) is 0 Å². The molecule has 1 aromatic heterocycles. The molecule has 0 saturated carbocycles. The fourth-order valence-electron chi connectivity index (χ4n) is 0.603. The van der Waals surface area contributed by atoms with Gasteiger partial charge in [0.05, 0.1) is 11.8 Å². The maximum Gasteiger partial charge on any atom is 0.146 e. The normalized spacial score (nSPS) is 10.2. The molecule has 0 aliphatic carbocycles. The summed E-state index contributed by atoms with van der Waals surface area (Å²) >= 11 is 0. The fraction of sp³-hybridized carbons (Fsp3) is 0.100. The molecule has 1 heterocycles. The molecule has 0 radical (unpaired) electrons. The molecule has 60 valence electrons. The van der Waals surface area contributed by atoms with Crippen molar-refractivity contribution >= 4 is 6.29 Å². The van der Waals surface area contributed by atoms with Crippen molar-refractivity contribution in [2.75, 3.05) is 0 Å². The van der Waals surface area contributed by atoms with E-state index < -0.39 is 0 Å². The van der Waals surface area contributed by atoms with Gasteiger partial charge in [0.15, 0.2) is 0 Å². The summed E-state index contributed by atoms with van der Waals surface area (Å²) in [6.07, 6.45) is 5.45. The Morgan fingerprint density at radius 1 is 1.67 bits per heavy atom. The van der Waals surface area contributed by atoms with Crippen molar-refractivity contribution in [1.82, 2.24) is 0 Å². The lowest BCUT2D eigenvalue weighted by Crippen LogP contribution is -1.72. The largest absolute Gasteiger partial charge is 0.471 e. The highest BCUT2D eigenvalue weighted by atomic mass is 16.3. The van der Waals surface area contributed by atoms with E-state index in [4.69, 9.17) is 4.42 Å². The summed E-state index contributed by atoms with van der Waals surface area (Å²) in [6, 6.07) is 1.76. The molecular weight excluding hydrogens is 152 g/mol. The molecule has 0 amide bonds. The second-order valence-electron chi connectivity index (χ2n) is 2.29. The first-order valence-corrected chi connectivity index (χ1v) is 3.48. The summed E-state index contributed by atoms with van der Waals surface area (Å²) in [5.74, 6) is 5.55. The van der Waals surface area contributed by atoms with Gasteiger partial charge in [-0.3, -0.25) is 4.79 Å². The zero-order valence-corrected chi connectivity index (χ0v) is 6.70. The van der Waals surface area contributed by atoms with Crippen molar-refractivity contribution in [3.05, 3.63) is 35.8 Å². The molecule has 0 aliphatic heterocycles. The summed E-state index contributed by atoms with van der Waals surface area (Å²) in [7, 11) is 0. The van der Waals surface area contributed by atoms with Crippen LogP contribution in [0.25, 0.3) is 0 Å². The maximum absolute atomic E-state index is 10.1. The number of carbonyl (C=O) groups is 1. The maximum atomic E-state index is 10.1. The molecule has 0 saturated heterocycles. The smallest absolute Gasteiger partial charge is 0.146 e. The number of carbonyl (C=O) groups excluding carboxylic acids is 1. The van der Waals surface area contributed by atoms with Crippen LogP contribution in [-0.4, -0.2) is 6.29 Å². The summed E-state index contributed by atoms with van der Waals surface area (Å²) in [4.78, 5) is 10.1. The van der Waals surface area contributed by atoms with Crippen molar-refractivity contribution in [1.29, 1.82) is 0 Å². The van der Waals surface area contributed by atoms with Crippen molar-refractivity contribution in [3.63, 3.8) is 0 Å². The molecule has 12 heavy (non-hydrogen) atoms. The Morgan fingerprint density at radius 3 is 3.08 bits per heavy atom. The van der Waals surface area contributed by atoms with Crippen molar-refractivity contribution in [2.45, 2.75) is 6.92 Å². The minimum atomic E-state index is 0.617. The first-order valence-electron chi connectivity index (χ1n) is 3.48. The van der Waals surface area contributed by atoms with Gasteiger partial charge < -0.3 is 4.42 Å². The van der Waals surface area contributed by atoms with Gasteiger partial charge in [-0.2, -0.15) is 0 Å². The van der Waals surface area contributed by atoms with Crippen LogP contribution in [0.4, 0.5) is 0 Å². The zero-order valence-electron chi connectivity index (χ0n) is 6.70. The third-order valence-corrected chi connectivity index (χ3v) is 1.22. The number of aldehydes is 1. The van der Waals surface area contributed by atoms with Gasteiger partial charge >= 0.3 is 0 Å². The molecule has 0 N–H and O–H groups in total. The number of furan rings is 1. The first-order chi connectivity index (χ1) is 5.83. The molecule has 0 atom stereocenters. The Balaban J connectivity index is 2.67. The van der Waals surface area contributed by atoms with Gasteiger partial charge in [0, 0.05) is 0 Å². The Kier molecular flexibility index (Phi) is 2.92. The molecule has 0 fully saturated rings. The van der Waals surface area contributed by atoms with Crippen LogP contribution >= 0.6 is 0 Å². The Bertz CT molecular complexity index is 334. The zero-order chi connectivity index (χ0) is 8.81. The first kappa shape index (κ1) is 8.35. The second kappa shape index (κ2) is 4.20. The van der Waals surface area contributed by atoms with E-state index in [1.807, 2.05) is 0 Å². The third-order valence-electron chi connectivity index (χ3n) is 1.22. The third kappa shape index (κ3) is 2.47. The van der Waals surface area contributed by atoms with Crippen LogP contribution < -0.4 is 0 Å². The summed E-state index contributed by atoms with van der Waals surface area (Å²) in [5.41, 5.74) is 1.43. The van der Waals surface area contributed by atoms with E-state index in [2.05, 4.69) is 11.8 Å². The summed E-state index contributed by atoms with van der Waals surface area (Å²) < 4.78 is 4.81. The average Bonchev–Trinajstić information content (AvgIpc) is 2.57. The summed E-state index contributed by atoms with van der Waals surface area (Å²) in [5, 5.41) is 0. The monoisotopic (exact) mass is 160 g/mol. The van der Waals surface area contributed by atoms with Gasteiger partial charge in [-0.25, -0.2) is 0 Å². The van der Waals surface area contributed by atoms with Gasteiger partial charge in [-0.15, -0.1) is 0 Å². The lowest BCUT2D eigenvalue weighted by molar-refractivity contribution is -0.104. The molecular formula is C10H8O2.